The van der Waals surface area contributed by atoms with Gasteiger partial charge < -0.3 is 10.6 Å². The minimum absolute atomic E-state index is 0. The predicted molar refractivity (Wildman–Crippen MR) is 85.6 cm³/mol. The van der Waals surface area contributed by atoms with E-state index in [0.717, 1.165) is 22.9 Å². The number of nitrogens with one attached hydrogen (secondary N) is 3. The summed E-state index contributed by atoms with van der Waals surface area (Å²) in [6.07, 6.45) is 0. The topological polar surface area (TPSA) is 70.2 Å². The lowest BCUT2D eigenvalue weighted by Crippen LogP contribution is -2.37. The largest absolute Gasteiger partial charge is 0.326 e. The lowest BCUT2D eigenvalue weighted by molar-refractivity contribution is -0.117. The highest BCUT2D eigenvalue weighted by Gasteiger charge is 2.22. The lowest BCUT2D eigenvalue weighted by atomic mass is 10.1. The van der Waals surface area contributed by atoms with E-state index in [0.29, 0.717) is 5.69 Å². The average molecular weight is 316 g/mol. The number of thioether (sulfide) groups is 1. The molecule has 5 nitrogen and oxygen atoms in total. The average Bonchev–Trinajstić information content (AvgIpc) is 2.86. The third kappa shape index (κ3) is 4.40. The van der Waals surface area contributed by atoms with Gasteiger partial charge in [0.15, 0.2) is 0 Å². The fourth-order valence-electron chi connectivity index (χ4n) is 1.82. The van der Waals surface area contributed by atoms with E-state index in [1.54, 1.807) is 17.8 Å². The Morgan fingerprint density at radius 2 is 2.10 bits per heavy atom. The molecule has 0 spiro atoms. The molecule has 1 fully saturated rings. The van der Waals surface area contributed by atoms with Gasteiger partial charge in [0, 0.05) is 29.9 Å². The molecule has 0 saturated carbocycles. The summed E-state index contributed by atoms with van der Waals surface area (Å²) in [5.41, 5.74) is 2.38. The second kappa shape index (κ2) is 7.52. The third-order valence-electron chi connectivity index (χ3n) is 2.85. The molecule has 1 saturated heterocycles. The molecular weight excluding hydrogens is 298 g/mol. The highest BCUT2D eigenvalue weighted by molar-refractivity contribution is 7.99. The summed E-state index contributed by atoms with van der Waals surface area (Å²) in [4.78, 5) is 23.1. The number of hydrogen-bond acceptors (Lipinski definition) is 4. The van der Waals surface area contributed by atoms with Gasteiger partial charge in [-0.25, -0.2) is 0 Å². The zero-order valence-corrected chi connectivity index (χ0v) is 13.0. The van der Waals surface area contributed by atoms with Gasteiger partial charge in [-0.1, -0.05) is 6.07 Å². The van der Waals surface area contributed by atoms with E-state index in [1.165, 1.54) is 6.92 Å². The predicted octanol–water partition coefficient (Wildman–Crippen LogP) is 1.98. The van der Waals surface area contributed by atoms with Gasteiger partial charge in [0.05, 0.1) is 6.04 Å². The van der Waals surface area contributed by atoms with Crippen molar-refractivity contribution in [3.8, 4) is 0 Å². The Bertz CT molecular complexity index is 504. The molecule has 1 aromatic rings. The molecule has 2 amide bonds. The Balaban J connectivity index is 0.00000200. The Kier molecular flexibility index (Phi) is 6.32. The number of halogens is 1. The van der Waals surface area contributed by atoms with Crippen molar-refractivity contribution in [1.82, 2.24) is 5.32 Å². The zero-order chi connectivity index (χ0) is 13.8. The maximum absolute atomic E-state index is 12.0. The van der Waals surface area contributed by atoms with Gasteiger partial charge in [-0.05, 0) is 24.6 Å². The molecule has 0 bridgehead atoms. The number of benzene rings is 1. The summed E-state index contributed by atoms with van der Waals surface area (Å²) >= 11 is 1.71. The van der Waals surface area contributed by atoms with Crippen molar-refractivity contribution >= 4 is 47.4 Å². The van der Waals surface area contributed by atoms with E-state index >= 15 is 0 Å². The molecule has 3 N–H and O–H groups in total. The molecule has 1 aromatic carbocycles. The highest BCUT2D eigenvalue weighted by Crippen LogP contribution is 2.21. The molecule has 0 unspecified atom stereocenters. The molecule has 1 atom stereocenters. The maximum atomic E-state index is 12.0. The summed E-state index contributed by atoms with van der Waals surface area (Å²) in [5.74, 6) is 1.43. The first-order valence-electron chi connectivity index (χ1n) is 6.06. The van der Waals surface area contributed by atoms with Crippen molar-refractivity contribution in [2.45, 2.75) is 19.9 Å². The summed E-state index contributed by atoms with van der Waals surface area (Å²) in [6, 6.07) is 5.32. The van der Waals surface area contributed by atoms with Crippen molar-refractivity contribution in [2.75, 3.05) is 22.3 Å². The van der Waals surface area contributed by atoms with Crippen molar-refractivity contribution in [1.29, 1.82) is 0 Å². The van der Waals surface area contributed by atoms with Crippen molar-refractivity contribution in [2.24, 2.45) is 0 Å². The van der Waals surface area contributed by atoms with Gasteiger partial charge in [0.2, 0.25) is 11.8 Å². The quantitative estimate of drug-likeness (QED) is 0.797. The van der Waals surface area contributed by atoms with E-state index in [1.807, 2.05) is 19.1 Å². The number of carbonyl (C=O) groups is 2. The molecule has 2 rings (SSSR count). The van der Waals surface area contributed by atoms with Crippen molar-refractivity contribution < 1.29 is 9.59 Å². The number of hydrogen-bond donors (Lipinski definition) is 3. The van der Waals surface area contributed by atoms with Crippen LogP contribution in [0.5, 0.6) is 0 Å². The molecule has 0 radical (unpaired) electrons. The fraction of sp³-hybridized carbons (Fsp3) is 0.385. The monoisotopic (exact) mass is 315 g/mol. The SMILES string of the molecule is CC(=O)Nc1ccc(C)c(NC(=O)[C@H]2CSCN2)c1.Cl. The van der Waals surface area contributed by atoms with Gasteiger partial charge in [0.25, 0.3) is 0 Å². The van der Waals surface area contributed by atoms with Crippen LogP contribution in [0.3, 0.4) is 0 Å². The van der Waals surface area contributed by atoms with Gasteiger partial charge in [0.1, 0.15) is 0 Å². The Morgan fingerprint density at radius 1 is 1.35 bits per heavy atom. The van der Waals surface area contributed by atoms with Crippen LogP contribution >= 0.6 is 24.2 Å². The van der Waals surface area contributed by atoms with Gasteiger partial charge >= 0.3 is 0 Å². The van der Waals surface area contributed by atoms with Crippen LogP contribution in [0.2, 0.25) is 0 Å². The van der Waals surface area contributed by atoms with Crippen LogP contribution in [0.15, 0.2) is 18.2 Å². The molecule has 0 aliphatic carbocycles. The van der Waals surface area contributed by atoms with Crippen LogP contribution in [0, 0.1) is 6.92 Å². The van der Waals surface area contributed by atoms with Crippen LogP contribution in [0.1, 0.15) is 12.5 Å². The molecule has 1 aliphatic rings. The number of anilines is 2. The second-order valence-electron chi connectivity index (χ2n) is 4.47. The van der Waals surface area contributed by atoms with Crippen molar-refractivity contribution in [3.05, 3.63) is 23.8 Å². The first kappa shape index (κ1) is 16.8. The molecular formula is C13H18ClN3O2S. The molecule has 0 aromatic heterocycles. The Labute approximate surface area is 128 Å². The number of aryl methyl sites for hydroxylation is 1. The summed E-state index contributed by atoms with van der Waals surface area (Å²) in [5, 5.41) is 8.73. The van der Waals surface area contributed by atoms with Gasteiger partial charge in [-0.3, -0.25) is 14.9 Å². The van der Waals surface area contributed by atoms with Crippen LogP contribution in [0.25, 0.3) is 0 Å². The van der Waals surface area contributed by atoms with Crippen molar-refractivity contribution in [3.63, 3.8) is 0 Å². The Morgan fingerprint density at radius 3 is 2.70 bits per heavy atom. The molecule has 1 aliphatic heterocycles. The van der Waals surface area contributed by atoms with E-state index in [9.17, 15) is 9.59 Å². The zero-order valence-electron chi connectivity index (χ0n) is 11.4. The first-order chi connectivity index (χ1) is 9.06. The highest BCUT2D eigenvalue weighted by atomic mass is 35.5. The summed E-state index contributed by atoms with van der Waals surface area (Å²) < 4.78 is 0. The summed E-state index contributed by atoms with van der Waals surface area (Å²) in [7, 11) is 0. The van der Waals surface area contributed by atoms with E-state index < -0.39 is 0 Å². The summed E-state index contributed by atoms with van der Waals surface area (Å²) in [6.45, 7) is 3.38. The van der Waals surface area contributed by atoms with E-state index in [-0.39, 0.29) is 30.3 Å². The van der Waals surface area contributed by atoms with Crippen LogP contribution in [0.4, 0.5) is 11.4 Å². The normalized spacial score (nSPS) is 17.2. The smallest absolute Gasteiger partial charge is 0.242 e. The molecule has 20 heavy (non-hydrogen) atoms. The Hall–Kier alpha value is -1.24. The molecule has 7 heteroatoms. The van der Waals surface area contributed by atoms with Crippen LogP contribution in [-0.4, -0.2) is 29.5 Å². The van der Waals surface area contributed by atoms with E-state index in [2.05, 4.69) is 16.0 Å². The first-order valence-corrected chi connectivity index (χ1v) is 7.22. The molecule has 1 heterocycles. The number of carbonyl (C=O) groups excluding carboxylic acids is 2. The van der Waals surface area contributed by atoms with Gasteiger partial charge in [-0.2, -0.15) is 0 Å². The maximum Gasteiger partial charge on any atom is 0.242 e. The lowest BCUT2D eigenvalue weighted by Gasteiger charge is -2.14. The van der Waals surface area contributed by atoms with E-state index in [4.69, 9.17) is 0 Å². The standard InChI is InChI=1S/C13H17N3O2S.ClH/c1-8-3-4-10(15-9(2)17)5-11(8)16-13(18)12-6-19-7-14-12;/h3-5,12,14H,6-7H2,1-2H3,(H,15,17)(H,16,18);1H/t12-;/m1./s1. The molecule has 110 valence electrons. The third-order valence-corrected chi connectivity index (χ3v) is 3.79. The van der Waals surface area contributed by atoms with Crippen LogP contribution in [-0.2, 0) is 9.59 Å². The minimum atomic E-state index is -0.145. The van der Waals surface area contributed by atoms with Gasteiger partial charge in [-0.15, -0.1) is 24.2 Å². The second-order valence-corrected chi connectivity index (χ2v) is 5.50. The number of amides is 2. The minimum Gasteiger partial charge on any atom is -0.326 e. The van der Waals surface area contributed by atoms with Crippen LogP contribution < -0.4 is 16.0 Å². The number of rotatable bonds is 3. The fourth-order valence-corrected chi connectivity index (χ4v) is 2.76.